The van der Waals surface area contributed by atoms with Gasteiger partial charge < -0.3 is 9.73 Å². The summed E-state index contributed by atoms with van der Waals surface area (Å²) in [6, 6.07) is 7.47. The molecule has 0 saturated carbocycles. The van der Waals surface area contributed by atoms with Gasteiger partial charge >= 0.3 is 0 Å². The van der Waals surface area contributed by atoms with Crippen LogP contribution in [0.15, 0.2) is 34.9 Å². The molecule has 0 spiro atoms. The summed E-state index contributed by atoms with van der Waals surface area (Å²) in [5.74, 6) is 0.565. The standard InChI is InChI=1S/C13H13BrN2O2/c1-8(14)13(17)16-11-5-3-10(4-6-11)12-7-18-9(2)15-12/h3-8H,1-2H3,(H,16,17). The number of rotatable bonds is 3. The molecule has 0 bridgehead atoms. The highest BCUT2D eigenvalue weighted by Gasteiger charge is 2.09. The minimum atomic E-state index is -0.213. The number of aromatic nitrogens is 1. The van der Waals surface area contributed by atoms with Crippen LogP contribution < -0.4 is 5.32 Å². The van der Waals surface area contributed by atoms with Gasteiger partial charge in [-0.2, -0.15) is 0 Å². The first-order valence-corrected chi connectivity index (χ1v) is 6.45. The quantitative estimate of drug-likeness (QED) is 0.884. The van der Waals surface area contributed by atoms with Crippen LogP contribution >= 0.6 is 15.9 Å². The molecule has 4 nitrogen and oxygen atoms in total. The van der Waals surface area contributed by atoms with Gasteiger partial charge in [-0.05, 0) is 19.1 Å². The van der Waals surface area contributed by atoms with E-state index in [9.17, 15) is 4.79 Å². The summed E-state index contributed by atoms with van der Waals surface area (Å²) >= 11 is 3.22. The van der Waals surface area contributed by atoms with E-state index < -0.39 is 0 Å². The van der Waals surface area contributed by atoms with Gasteiger partial charge in [0, 0.05) is 18.2 Å². The average Bonchev–Trinajstić information content (AvgIpc) is 2.76. The summed E-state index contributed by atoms with van der Waals surface area (Å²) in [5.41, 5.74) is 2.51. The molecule has 1 N–H and O–H groups in total. The summed E-state index contributed by atoms with van der Waals surface area (Å²) in [4.78, 5) is 15.5. The van der Waals surface area contributed by atoms with Crippen molar-refractivity contribution >= 4 is 27.5 Å². The number of carbonyl (C=O) groups is 1. The Morgan fingerprint density at radius 2 is 2.06 bits per heavy atom. The average molecular weight is 309 g/mol. The van der Waals surface area contributed by atoms with Crippen LogP contribution in [0.3, 0.4) is 0 Å². The number of amides is 1. The van der Waals surface area contributed by atoms with Crippen molar-refractivity contribution in [3.8, 4) is 11.3 Å². The molecule has 94 valence electrons. The summed E-state index contributed by atoms with van der Waals surface area (Å²) in [5, 5.41) is 2.80. The van der Waals surface area contributed by atoms with E-state index in [-0.39, 0.29) is 10.7 Å². The molecule has 1 amide bonds. The zero-order valence-corrected chi connectivity index (χ0v) is 11.7. The molecule has 0 aliphatic heterocycles. The molecule has 0 aliphatic rings. The fourth-order valence-corrected chi connectivity index (χ4v) is 1.58. The molecule has 0 aliphatic carbocycles. The Kier molecular flexibility index (Phi) is 3.81. The number of alkyl halides is 1. The molecule has 1 atom stereocenters. The number of benzene rings is 1. The number of anilines is 1. The highest BCUT2D eigenvalue weighted by molar-refractivity contribution is 9.10. The molecule has 1 aromatic carbocycles. The maximum atomic E-state index is 11.5. The smallest absolute Gasteiger partial charge is 0.237 e. The Morgan fingerprint density at radius 1 is 1.39 bits per heavy atom. The van der Waals surface area contributed by atoms with Gasteiger partial charge in [-0.25, -0.2) is 4.98 Å². The SMILES string of the molecule is Cc1nc(-c2ccc(NC(=O)C(C)Br)cc2)co1. The lowest BCUT2D eigenvalue weighted by Gasteiger charge is -2.06. The first-order chi connectivity index (χ1) is 8.56. The van der Waals surface area contributed by atoms with Gasteiger partial charge in [-0.3, -0.25) is 4.79 Å². The number of carbonyl (C=O) groups excluding carboxylic acids is 1. The highest BCUT2D eigenvalue weighted by atomic mass is 79.9. The van der Waals surface area contributed by atoms with Crippen LogP contribution in [0, 0.1) is 6.92 Å². The number of oxazole rings is 1. The Hall–Kier alpha value is -1.62. The van der Waals surface area contributed by atoms with Crippen molar-refractivity contribution in [1.29, 1.82) is 0 Å². The molecular formula is C13H13BrN2O2. The van der Waals surface area contributed by atoms with E-state index in [0.717, 1.165) is 16.9 Å². The topological polar surface area (TPSA) is 55.1 Å². The highest BCUT2D eigenvalue weighted by Crippen LogP contribution is 2.20. The zero-order valence-electron chi connectivity index (χ0n) is 10.1. The fraction of sp³-hybridized carbons (Fsp3) is 0.231. The van der Waals surface area contributed by atoms with Crippen LogP contribution in [-0.2, 0) is 4.79 Å². The van der Waals surface area contributed by atoms with Gasteiger partial charge in [0.25, 0.3) is 0 Å². The first-order valence-electron chi connectivity index (χ1n) is 5.54. The molecule has 1 heterocycles. The molecule has 18 heavy (non-hydrogen) atoms. The lowest BCUT2D eigenvalue weighted by atomic mass is 10.1. The van der Waals surface area contributed by atoms with Crippen LogP contribution in [0.25, 0.3) is 11.3 Å². The van der Waals surface area contributed by atoms with Crippen molar-refractivity contribution in [3.63, 3.8) is 0 Å². The van der Waals surface area contributed by atoms with E-state index in [4.69, 9.17) is 4.42 Å². The van der Waals surface area contributed by atoms with Crippen molar-refractivity contribution in [2.45, 2.75) is 18.7 Å². The molecule has 5 heteroatoms. The second-order valence-electron chi connectivity index (χ2n) is 3.93. The van der Waals surface area contributed by atoms with Crippen LogP contribution in [0.2, 0.25) is 0 Å². The van der Waals surface area contributed by atoms with Gasteiger partial charge in [0.2, 0.25) is 5.91 Å². The van der Waals surface area contributed by atoms with Crippen LogP contribution in [0.5, 0.6) is 0 Å². The fourth-order valence-electron chi connectivity index (χ4n) is 1.46. The number of hydrogen-bond acceptors (Lipinski definition) is 3. The van der Waals surface area contributed by atoms with Crippen LogP contribution in [-0.4, -0.2) is 15.7 Å². The van der Waals surface area contributed by atoms with Gasteiger partial charge in [0.15, 0.2) is 5.89 Å². The van der Waals surface area contributed by atoms with E-state index >= 15 is 0 Å². The Morgan fingerprint density at radius 3 is 2.56 bits per heavy atom. The molecular weight excluding hydrogens is 296 g/mol. The third-order valence-corrected chi connectivity index (χ3v) is 2.84. The summed E-state index contributed by atoms with van der Waals surface area (Å²) < 4.78 is 5.16. The Balaban J connectivity index is 2.13. The second kappa shape index (κ2) is 5.35. The molecule has 0 radical (unpaired) electrons. The minimum Gasteiger partial charge on any atom is -0.449 e. The number of aryl methyl sites for hydroxylation is 1. The number of halogens is 1. The van der Waals surface area contributed by atoms with Gasteiger partial charge in [0.05, 0.1) is 4.83 Å². The van der Waals surface area contributed by atoms with E-state index in [1.165, 1.54) is 0 Å². The minimum absolute atomic E-state index is 0.0694. The van der Waals surface area contributed by atoms with E-state index in [1.54, 1.807) is 20.1 Å². The van der Waals surface area contributed by atoms with Gasteiger partial charge in [-0.1, -0.05) is 28.1 Å². The van der Waals surface area contributed by atoms with Crippen LogP contribution in [0.1, 0.15) is 12.8 Å². The van der Waals surface area contributed by atoms with Crippen molar-refractivity contribution in [1.82, 2.24) is 4.98 Å². The lowest BCUT2D eigenvalue weighted by Crippen LogP contribution is -2.19. The predicted octanol–water partition coefficient (Wildman–Crippen LogP) is 3.37. The first kappa shape index (κ1) is 12.8. The largest absolute Gasteiger partial charge is 0.449 e. The second-order valence-corrected chi connectivity index (χ2v) is 5.31. The van der Waals surface area contributed by atoms with Crippen molar-refractivity contribution in [2.24, 2.45) is 0 Å². The van der Waals surface area contributed by atoms with Crippen molar-refractivity contribution in [3.05, 3.63) is 36.4 Å². The molecule has 0 fully saturated rings. The van der Waals surface area contributed by atoms with Crippen LogP contribution in [0.4, 0.5) is 5.69 Å². The number of nitrogens with zero attached hydrogens (tertiary/aromatic N) is 1. The van der Waals surface area contributed by atoms with Crippen molar-refractivity contribution in [2.75, 3.05) is 5.32 Å². The third-order valence-electron chi connectivity index (χ3n) is 2.43. The normalized spacial score (nSPS) is 12.2. The van der Waals surface area contributed by atoms with E-state index in [2.05, 4.69) is 26.2 Å². The summed E-state index contributed by atoms with van der Waals surface area (Å²) in [6.45, 7) is 3.58. The van der Waals surface area contributed by atoms with Crippen molar-refractivity contribution < 1.29 is 9.21 Å². The molecule has 1 unspecified atom stereocenters. The molecule has 1 aromatic heterocycles. The van der Waals surface area contributed by atoms with E-state index in [0.29, 0.717) is 5.89 Å². The number of hydrogen-bond donors (Lipinski definition) is 1. The third kappa shape index (κ3) is 2.98. The zero-order chi connectivity index (χ0) is 13.1. The van der Waals surface area contributed by atoms with Gasteiger partial charge in [0.1, 0.15) is 12.0 Å². The monoisotopic (exact) mass is 308 g/mol. The summed E-state index contributed by atoms with van der Waals surface area (Å²) in [6.07, 6.45) is 1.61. The predicted molar refractivity (Wildman–Crippen MR) is 73.7 cm³/mol. The lowest BCUT2D eigenvalue weighted by molar-refractivity contribution is -0.115. The molecule has 2 rings (SSSR count). The number of nitrogens with one attached hydrogen (secondary N) is 1. The summed E-state index contributed by atoms with van der Waals surface area (Å²) in [7, 11) is 0. The Bertz CT molecular complexity index is 546. The van der Waals surface area contributed by atoms with Gasteiger partial charge in [-0.15, -0.1) is 0 Å². The maximum absolute atomic E-state index is 11.5. The Labute approximate surface area is 114 Å². The van der Waals surface area contributed by atoms with E-state index in [1.807, 2.05) is 24.3 Å². The molecule has 0 saturated heterocycles. The molecule has 2 aromatic rings. The maximum Gasteiger partial charge on any atom is 0.237 e.